The van der Waals surface area contributed by atoms with E-state index in [-0.39, 0.29) is 35.0 Å². The first kappa shape index (κ1) is 22.3. The Kier molecular flexibility index (Phi) is 7.25. The molecule has 8 heteroatoms. The number of ketones is 2. The van der Waals surface area contributed by atoms with Gasteiger partial charge in [0.15, 0.2) is 0 Å². The number of aliphatic hydroxyl groups is 1. The maximum absolute atomic E-state index is 12.8. The number of hydrogen-bond donors (Lipinski definition) is 2. The molecule has 0 aliphatic heterocycles. The molecule has 1 aliphatic carbocycles. The highest BCUT2D eigenvalue weighted by atomic mass is 35.5. The second-order valence-corrected chi connectivity index (χ2v) is 6.56. The van der Waals surface area contributed by atoms with Gasteiger partial charge in [0.05, 0.1) is 16.5 Å². The first-order chi connectivity index (χ1) is 13.5. The zero-order chi connectivity index (χ0) is 20.3. The Morgan fingerprint density at radius 2 is 1.66 bits per heavy atom. The second kappa shape index (κ2) is 9.45. The molecule has 29 heavy (non-hydrogen) atoms. The number of carbonyl (C=O) groups is 2. The van der Waals surface area contributed by atoms with Gasteiger partial charge in [-0.3, -0.25) is 19.7 Å². The Bertz CT molecular complexity index is 969. The van der Waals surface area contributed by atoms with E-state index >= 15 is 0 Å². The lowest BCUT2D eigenvalue weighted by Crippen LogP contribution is -2.34. The van der Waals surface area contributed by atoms with Crippen LogP contribution in [0.15, 0.2) is 54.1 Å². The number of benzene rings is 2. The van der Waals surface area contributed by atoms with Gasteiger partial charge in [-0.2, -0.15) is 0 Å². The molecule has 1 aliphatic rings. The maximum atomic E-state index is 12.8. The minimum atomic E-state index is -0.774. The minimum absolute atomic E-state index is 0. The van der Waals surface area contributed by atoms with Gasteiger partial charge < -0.3 is 10.4 Å². The van der Waals surface area contributed by atoms with Crippen LogP contribution in [0.25, 0.3) is 5.76 Å². The number of nitro groups is 1. The predicted molar refractivity (Wildman–Crippen MR) is 111 cm³/mol. The van der Waals surface area contributed by atoms with Crippen LogP contribution in [0.2, 0.25) is 0 Å². The van der Waals surface area contributed by atoms with Crippen molar-refractivity contribution in [3.63, 3.8) is 0 Å². The molecular formula is C21H21ClN2O5. The number of unbranched alkanes of at least 4 members (excludes halogenated alkanes) is 1. The lowest BCUT2D eigenvalue weighted by molar-refractivity contribution is -0.384. The Hall–Kier alpha value is -3.03. The van der Waals surface area contributed by atoms with E-state index in [9.17, 15) is 24.8 Å². The Morgan fingerprint density at radius 1 is 1.03 bits per heavy atom. The highest BCUT2D eigenvalue weighted by Gasteiger charge is 2.37. The van der Waals surface area contributed by atoms with Crippen LogP contribution < -0.4 is 5.32 Å². The molecule has 3 rings (SSSR count). The predicted octanol–water partition coefficient (Wildman–Crippen LogP) is 4.18. The second-order valence-electron chi connectivity index (χ2n) is 6.56. The van der Waals surface area contributed by atoms with Gasteiger partial charge in [-0.15, -0.1) is 12.4 Å². The number of nitrogens with one attached hydrogen (secondary N) is 1. The van der Waals surface area contributed by atoms with Gasteiger partial charge in [0.2, 0.25) is 11.6 Å². The summed E-state index contributed by atoms with van der Waals surface area (Å²) < 4.78 is 0. The summed E-state index contributed by atoms with van der Waals surface area (Å²) in [6.45, 7) is 2.57. The van der Waals surface area contributed by atoms with E-state index in [2.05, 4.69) is 5.32 Å². The third-order valence-electron chi connectivity index (χ3n) is 4.74. The molecule has 0 saturated heterocycles. The highest BCUT2D eigenvalue weighted by molar-refractivity contribution is 6.52. The summed E-state index contributed by atoms with van der Waals surface area (Å²) in [5.74, 6) is -1.69. The molecule has 1 atom stereocenters. The van der Waals surface area contributed by atoms with Crippen molar-refractivity contribution in [3.05, 3.63) is 80.9 Å². The summed E-state index contributed by atoms with van der Waals surface area (Å²) in [5.41, 5.74) is 0.930. The first-order valence-electron chi connectivity index (χ1n) is 9.05. The van der Waals surface area contributed by atoms with Gasteiger partial charge in [0.25, 0.3) is 5.69 Å². The lowest BCUT2D eigenvalue weighted by Gasteiger charge is -2.26. The monoisotopic (exact) mass is 416 g/mol. The van der Waals surface area contributed by atoms with E-state index in [1.165, 1.54) is 30.3 Å². The smallest absolute Gasteiger partial charge is 0.269 e. The first-order valence-corrected chi connectivity index (χ1v) is 9.05. The number of rotatable bonds is 7. The van der Waals surface area contributed by atoms with E-state index in [4.69, 9.17) is 0 Å². The average Bonchev–Trinajstić information content (AvgIpc) is 2.71. The largest absolute Gasteiger partial charge is 0.507 e. The van der Waals surface area contributed by atoms with Crippen LogP contribution in [0.3, 0.4) is 0 Å². The average molecular weight is 417 g/mol. The van der Waals surface area contributed by atoms with Gasteiger partial charge >= 0.3 is 0 Å². The molecule has 0 fully saturated rings. The van der Waals surface area contributed by atoms with Crippen molar-refractivity contribution in [1.82, 2.24) is 5.32 Å². The summed E-state index contributed by atoms with van der Waals surface area (Å²) in [5, 5.41) is 24.9. The number of non-ortho nitro benzene ring substituents is 1. The minimum Gasteiger partial charge on any atom is -0.507 e. The van der Waals surface area contributed by atoms with E-state index in [0.717, 1.165) is 12.8 Å². The summed E-state index contributed by atoms with van der Waals surface area (Å²) >= 11 is 0. The number of Topliss-reactive ketones (excluding diaryl/α,β-unsaturated/α-hetero) is 2. The highest BCUT2D eigenvalue weighted by Crippen LogP contribution is 2.35. The lowest BCUT2D eigenvalue weighted by atomic mass is 9.83. The maximum Gasteiger partial charge on any atom is 0.269 e. The molecular weight excluding hydrogens is 396 g/mol. The molecule has 0 amide bonds. The van der Waals surface area contributed by atoms with Crippen LogP contribution in [0.5, 0.6) is 0 Å². The van der Waals surface area contributed by atoms with Gasteiger partial charge in [0, 0.05) is 23.3 Å². The van der Waals surface area contributed by atoms with Crippen LogP contribution in [0, 0.1) is 10.1 Å². The van der Waals surface area contributed by atoms with Crippen molar-refractivity contribution < 1.29 is 19.6 Å². The van der Waals surface area contributed by atoms with Crippen LogP contribution in [-0.2, 0) is 4.79 Å². The van der Waals surface area contributed by atoms with Crippen LogP contribution >= 0.6 is 12.4 Å². The van der Waals surface area contributed by atoms with Gasteiger partial charge in [-0.05, 0) is 18.5 Å². The molecule has 2 N–H and O–H groups in total. The van der Waals surface area contributed by atoms with E-state index < -0.39 is 22.5 Å². The molecule has 1 unspecified atom stereocenters. The van der Waals surface area contributed by atoms with Crippen molar-refractivity contribution in [2.75, 3.05) is 6.54 Å². The fraction of sp³-hybridized carbons (Fsp3) is 0.238. The summed E-state index contributed by atoms with van der Waals surface area (Å²) in [6.07, 6.45) is 1.75. The molecule has 0 radical (unpaired) electrons. The summed E-state index contributed by atoms with van der Waals surface area (Å²) in [7, 11) is 0. The van der Waals surface area contributed by atoms with Gasteiger partial charge in [0.1, 0.15) is 5.76 Å². The Morgan fingerprint density at radius 3 is 2.24 bits per heavy atom. The number of hydrogen-bond acceptors (Lipinski definition) is 6. The molecule has 152 valence electrons. The number of nitrogens with zero attached hydrogens (tertiary/aromatic N) is 1. The topological polar surface area (TPSA) is 110 Å². The Balaban J connectivity index is 0.00000300. The number of halogens is 1. The van der Waals surface area contributed by atoms with Crippen molar-refractivity contribution in [2.24, 2.45) is 0 Å². The molecule has 0 heterocycles. The fourth-order valence-electron chi connectivity index (χ4n) is 3.25. The van der Waals surface area contributed by atoms with Crippen LogP contribution in [0.4, 0.5) is 5.69 Å². The summed E-state index contributed by atoms with van der Waals surface area (Å²) in [4.78, 5) is 35.8. The van der Waals surface area contributed by atoms with E-state index in [1.807, 2.05) is 6.92 Å². The standard InChI is InChI=1S/C21H20N2O5.ClH/c1-2-3-12-22-18(13-8-10-14(11-9-13)23(27)28)17-19(24)15-6-4-5-7-16(15)20(25)21(17)26;/h4-11,18,22,24H,2-3,12H2,1H3;1H. The van der Waals surface area contributed by atoms with Crippen molar-refractivity contribution >= 4 is 35.4 Å². The summed E-state index contributed by atoms with van der Waals surface area (Å²) in [6, 6.07) is 11.4. The molecule has 0 saturated carbocycles. The van der Waals surface area contributed by atoms with Crippen molar-refractivity contribution in [3.8, 4) is 0 Å². The number of fused-ring (bicyclic) bond motifs is 1. The molecule has 2 aromatic carbocycles. The molecule has 7 nitrogen and oxygen atoms in total. The Labute approximate surface area is 174 Å². The molecule has 2 aromatic rings. The zero-order valence-corrected chi connectivity index (χ0v) is 16.6. The molecule has 0 bridgehead atoms. The number of carbonyl (C=O) groups excluding carboxylic acids is 2. The van der Waals surface area contributed by atoms with Gasteiger partial charge in [-0.1, -0.05) is 49.7 Å². The van der Waals surface area contributed by atoms with Crippen molar-refractivity contribution in [2.45, 2.75) is 25.8 Å². The van der Waals surface area contributed by atoms with Crippen LogP contribution in [0.1, 0.15) is 47.3 Å². The molecule has 0 spiro atoms. The zero-order valence-electron chi connectivity index (χ0n) is 15.8. The van der Waals surface area contributed by atoms with Crippen molar-refractivity contribution in [1.29, 1.82) is 0 Å². The fourth-order valence-corrected chi connectivity index (χ4v) is 3.25. The van der Waals surface area contributed by atoms with E-state index in [1.54, 1.807) is 18.2 Å². The number of nitro benzene ring substituents is 1. The third-order valence-corrected chi connectivity index (χ3v) is 4.74. The van der Waals surface area contributed by atoms with Gasteiger partial charge in [-0.25, -0.2) is 0 Å². The SMILES string of the molecule is CCCCNC(C1=C(O)c2ccccc2C(=O)C1=O)c1ccc([N+](=O)[O-])cc1.Cl. The molecule has 0 aromatic heterocycles. The normalized spacial score (nSPS) is 14.2. The van der Waals surface area contributed by atoms with Crippen LogP contribution in [-0.4, -0.2) is 28.1 Å². The quantitative estimate of drug-likeness (QED) is 0.303. The van der Waals surface area contributed by atoms with E-state index in [0.29, 0.717) is 17.7 Å². The third kappa shape index (κ3) is 4.36. The number of aliphatic hydroxyl groups excluding tert-OH is 1.